The molecular weight excluding hydrogens is 488 g/mol. The number of rotatable bonds is 6. The Balaban J connectivity index is 1.66. The van der Waals surface area contributed by atoms with E-state index in [-0.39, 0.29) is 30.2 Å². The van der Waals surface area contributed by atoms with Crippen molar-refractivity contribution in [2.24, 2.45) is 0 Å². The molecule has 184 valence electrons. The first-order valence-corrected chi connectivity index (χ1v) is 11.7. The summed E-state index contributed by atoms with van der Waals surface area (Å²) in [5.41, 5.74) is 0.499. The molecule has 0 bridgehead atoms. The second-order valence-corrected chi connectivity index (χ2v) is 9.24. The number of piperidine rings is 1. The zero-order chi connectivity index (χ0) is 25.2. The van der Waals surface area contributed by atoms with Crippen molar-refractivity contribution in [3.8, 4) is 5.69 Å². The van der Waals surface area contributed by atoms with E-state index in [0.29, 0.717) is 5.69 Å². The Morgan fingerprint density at radius 1 is 1.11 bits per heavy atom. The number of halogens is 2. The second-order valence-electron chi connectivity index (χ2n) is 7.61. The first-order chi connectivity index (χ1) is 16.5. The molecule has 12 nitrogen and oxygen atoms in total. The number of hydrogen-bond donors (Lipinski definition) is 3. The molecule has 0 atom stereocenters. The molecule has 2 amide bonds. The molecule has 3 aromatic rings. The van der Waals surface area contributed by atoms with Crippen molar-refractivity contribution in [2.45, 2.75) is 23.8 Å². The van der Waals surface area contributed by atoms with Crippen molar-refractivity contribution in [3.05, 3.63) is 54.6 Å². The number of pyridine rings is 2. The van der Waals surface area contributed by atoms with Gasteiger partial charge in [0.05, 0.1) is 17.4 Å². The van der Waals surface area contributed by atoms with Crippen LogP contribution in [0.1, 0.15) is 23.2 Å². The second kappa shape index (κ2) is 9.25. The monoisotopic (exact) mass is 507 g/mol. The smallest absolute Gasteiger partial charge is 0.418 e. The molecule has 0 aromatic carbocycles. The Labute approximate surface area is 197 Å². The number of nitrogens with one attached hydrogen (secondary N) is 2. The van der Waals surface area contributed by atoms with Crippen LogP contribution in [0.2, 0.25) is 0 Å². The number of sulfonamides is 1. The molecule has 1 fully saturated rings. The number of amides is 2. The minimum Gasteiger partial charge on any atom is -0.464 e. The Morgan fingerprint density at radius 2 is 1.86 bits per heavy atom. The molecule has 0 spiro atoms. The van der Waals surface area contributed by atoms with E-state index in [2.05, 4.69) is 20.4 Å². The van der Waals surface area contributed by atoms with Crippen molar-refractivity contribution in [1.82, 2.24) is 24.5 Å². The fourth-order valence-electron chi connectivity index (χ4n) is 3.46. The lowest BCUT2D eigenvalue weighted by molar-refractivity contribution is -0.0221. The molecule has 0 saturated carbocycles. The number of hydrogen-bond acceptors (Lipinski definition) is 8. The average Bonchev–Trinajstić information content (AvgIpc) is 3.33. The minimum absolute atomic E-state index is 0.0105. The highest BCUT2D eigenvalue weighted by atomic mass is 32.2. The molecular formula is C20H19F2N7O5S. The lowest BCUT2D eigenvalue weighted by atomic mass is 10.1. The first-order valence-electron chi connectivity index (χ1n) is 10.2. The van der Waals surface area contributed by atoms with Gasteiger partial charge in [0.1, 0.15) is 5.82 Å². The zero-order valence-corrected chi connectivity index (χ0v) is 18.7. The number of carboxylic acid groups (broad SMARTS) is 1. The highest BCUT2D eigenvalue weighted by molar-refractivity contribution is 7.90. The van der Waals surface area contributed by atoms with Crippen LogP contribution < -0.4 is 14.9 Å². The maximum Gasteiger partial charge on any atom is 0.418 e. The van der Waals surface area contributed by atoms with Crippen molar-refractivity contribution < 1.29 is 31.9 Å². The van der Waals surface area contributed by atoms with Gasteiger partial charge >= 0.3 is 6.09 Å². The summed E-state index contributed by atoms with van der Waals surface area (Å²) in [6.07, 6.45) is 3.13. The standard InChI is InChI=1S/C20H19F2N7O5S/c21-20(22)3-8-28(9-4-20)17-15(11-14(12-24-17)29-7-1-5-25-29)18(30)26-13-2-6-23-16(10-13)35(33,34)27-19(31)32/h1-2,5-7,10-12,27H,3-4,8-9H2,(H,31,32)(H,23,26,30). The summed E-state index contributed by atoms with van der Waals surface area (Å²) in [5.74, 6) is -3.31. The minimum atomic E-state index is -4.47. The number of anilines is 2. The van der Waals surface area contributed by atoms with Gasteiger partial charge in [-0.05, 0) is 18.2 Å². The Hall–Kier alpha value is -4.14. The summed E-state index contributed by atoms with van der Waals surface area (Å²) in [5, 5.41) is 14.7. The summed E-state index contributed by atoms with van der Waals surface area (Å²) >= 11 is 0. The third-order valence-corrected chi connectivity index (χ3v) is 6.37. The third kappa shape index (κ3) is 5.51. The number of alkyl halides is 2. The van der Waals surface area contributed by atoms with E-state index in [9.17, 15) is 26.8 Å². The van der Waals surface area contributed by atoms with E-state index < -0.39 is 45.8 Å². The molecule has 4 rings (SSSR count). The Bertz CT molecular complexity index is 1360. The normalized spacial score (nSPS) is 15.4. The highest BCUT2D eigenvalue weighted by Crippen LogP contribution is 2.32. The van der Waals surface area contributed by atoms with Gasteiger partial charge in [-0.2, -0.15) is 13.5 Å². The van der Waals surface area contributed by atoms with Crippen molar-refractivity contribution in [3.63, 3.8) is 0 Å². The van der Waals surface area contributed by atoms with Gasteiger partial charge in [-0.25, -0.2) is 32.9 Å². The lowest BCUT2D eigenvalue weighted by Crippen LogP contribution is -2.40. The van der Waals surface area contributed by atoms with Gasteiger partial charge < -0.3 is 15.3 Å². The number of carbonyl (C=O) groups excluding carboxylic acids is 1. The molecule has 15 heteroatoms. The molecule has 4 heterocycles. The number of aromatic nitrogens is 4. The van der Waals surface area contributed by atoms with Crippen LogP contribution in [0.3, 0.4) is 0 Å². The summed E-state index contributed by atoms with van der Waals surface area (Å²) in [6, 6.07) is 5.45. The predicted octanol–water partition coefficient (Wildman–Crippen LogP) is 2.11. The largest absolute Gasteiger partial charge is 0.464 e. The van der Waals surface area contributed by atoms with Crippen molar-refractivity contribution in [1.29, 1.82) is 0 Å². The van der Waals surface area contributed by atoms with Crippen LogP contribution >= 0.6 is 0 Å². The summed E-state index contributed by atoms with van der Waals surface area (Å²) in [7, 11) is -4.47. The van der Waals surface area contributed by atoms with E-state index >= 15 is 0 Å². The van der Waals surface area contributed by atoms with Crippen LogP contribution in [-0.2, 0) is 10.0 Å². The SMILES string of the molecule is O=C(O)NS(=O)(=O)c1cc(NC(=O)c2cc(-n3cccn3)cnc2N2CCC(F)(F)CC2)ccn1. The molecule has 1 aliphatic heterocycles. The predicted molar refractivity (Wildman–Crippen MR) is 118 cm³/mol. The molecule has 0 aliphatic carbocycles. The summed E-state index contributed by atoms with van der Waals surface area (Å²) < 4.78 is 54.3. The van der Waals surface area contributed by atoms with Gasteiger partial charge in [-0.3, -0.25) is 4.79 Å². The van der Waals surface area contributed by atoms with Crippen LogP contribution in [-0.4, -0.2) is 64.3 Å². The van der Waals surface area contributed by atoms with E-state index in [0.717, 1.165) is 12.3 Å². The fourth-order valence-corrected chi connectivity index (χ4v) is 4.27. The van der Waals surface area contributed by atoms with Crippen LogP contribution in [0.4, 0.5) is 25.1 Å². The molecule has 3 aromatic heterocycles. The van der Waals surface area contributed by atoms with Gasteiger partial charge in [0, 0.05) is 56.3 Å². The first kappa shape index (κ1) is 24.0. The van der Waals surface area contributed by atoms with Crippen LogP contribution in [0.25, 0.3) is 5.69 Å². The highest BCUT2D eigenvalue weighted by Gasteiger charge is 2.35. The zero-order valence-electron chi connectivity index (χ0n) is 17.9. The average molecular weight is 507 g/mol. The molecule has 1 aliphatic rings. The molecule has 0 unspecified atom stereocenters. The van der Waals surface area contributed by atoms with Gasteiger partial charge in [0.25, 0.3) is 21.9 Å². The van der Waals surface area contributed by atoms with Gasteiger partial charge in [-0.1, -0.05) is 0 Å². The summed E-state index contributed by atoms with van der Waals surface area (Å²) in [6.45, 7) is -0.0280. The topological polar surface area (TPSA) is 159 Å². The fraction of sp³-hybridized carbons (Fsp3) is 0.250. The van der Waals surface area contributed by atoms with Gasteiger partial charge in [-0.15, -0.1) is 0 Å². The maximum atomic E-state index is 13.7. The van der Waals surface area contributed by atoms with E-state index in [1.165, 1.54) is 33.9 Å². The molecule has 0 radical (unpaired) electrons. The Kier molecular flexibility index (Phi) is 6.34. The van der Waals surface area contributed by atoms with Gasteiger partial charge in [0.2, 0.25) is 0 Å². The van der Waals surface area contributed by atoms with Crippen LogP contribution in [0.5, 0.6) is 0 Å². The van der Waals surface area contributed by atoms with E-state index in [1.54, 1.807) is 17.2 Å². The summed E-state index contributed by atoms with van der Waals surface area (Å²) in [4.78, 5) is 33.5. The van der Waals surface area contributed by atoms with Crippen LogP contribution in [0.15, 0.2) is 54.1 Å². The number of nitrogens with zero attached hydrogens (tertiary/aromatic N) is 5. The van der Waals surface area contributed by atoms with E-state index in [1.807, 2.05) is 0 Å². The Morgan fingerprint density at radius 3 is 2.51 bits per heavy atom. The van der Waals surface area contributed by atoms with Crippen molar-refractivity contribution in [2.75, 3.05) is 23.3 Å². The molecule has 1 saturated heterocycles. The third-order valence-electron chi connectivity index (χ3n) is 5.15. The molecule has 3 N–H and O–H groups in total. The molecule has 35 heavy (non-hydrogen) atoms. The quantitative estimate of drug-likeness (QED) is 0.454. The van der Waals surface area contributed by atoms with Crippen molar-refractivity contribution >= 4 is 33.5 Å². The number of carbonyl (C=O) groups is 2. The van der Waals surface area contributed by atoms with Gasteiger partial charge in [0.15, 0.2) is 5.03 Å². The maximum absolute atomic E-state index is 13.7. The lowest BCUT2D eigenvalue weighted by Gasteiger charge is -2.33. The van der Waals surface area contributed by atoms with Crippen LogP contribution in [0, 0.1) is 0 Å². The van der Waals surface area contributed by atoms with E-state index in [4.69, 9.17) is 5.11 Å².